The number of carbonyl (C=O) groups excluding carboxylic acids is 2. The van der Waals surface area contributed by atoms with E-state index in [2.05, 4.69) is 41.8 Å². The molecule has 1 aliphatic heterocycles. The Morgan fingerprint density at radius 3 is 2.63 bits per heavy atom. The van der Waals surface area contributed by atoms with E-state index in [1.165, 1.54) is 7.11 Å². The lowest BCUT2D eigenvalue weighted by Gasteiger charge is -2.61. The van der Waals surface area contributed by atoms with Gasteiger partial charge >= 0.3 is 0 Å². The number of carbonyl (C=O) groups is 2. The van der Waals surface area contributed by atoms with Crippen LogP contribution in [0.25, 0.3) is 0 Å². The minimum absolute atomic E-state index is 0.0851. The molecule has 1 unspecified atom stereocenters. The molecule has 10 nitrogen and oxygen atoms in total. The lowest BCUT2D eigenvalue weighted by Crippen LogP contribution is -2.60. The average molecular weight is 713 g/mol. The van der Waals surface area contributed by atoms with Gasteiger partial charge in [0.15, 0.2) is 11.5 Å². The normalized spacial score (nSPS) is 31.0. The van der Waals surface area contributed by atoms with Crippen molar-refractivity contribution in [3.05, 3.63) is 32.9 Å². The lowest BCUT2D eigenvalue weighted by atomic mass is 9.45. The highest BCUT2D eigenvalue weighted by Gasteiger charge is 2.55. The molecule has 6 rings (SSSR count). The fourth-order valence-electron chi connectivity index (χ4n) is 7.67. The van der Waals surface area contributed by atoms with Crippen molar-refractivity contribution in [1.82, 2.24) is 10.2 Å². The highest BCUT2D eigenvalue weighted by Crippen LogP contribution is 2.61. The van der Waals surface area contributed by atoms with E-state index in [0.717, 1.165) is 25.7 Å². The fourth-order valence-corrected chi connectivity index (χ4v) is 8.47. The topological polar surface area (TPSA) is 138 Å². The number of fused-ring (bicyclic) bond motifs is 2. The summed E-state index contributed by atoms with van der Waals surface area (Å²) < 4.78 is 18.5. The van der Waals surface area contributed by atoms with Crippen molar-refractivity contribution in [2.75, 3.05) is 33.4 Å². The van der Waals surface area contributed by atoms with E-state index < -0.39 is 24.4 Å². The fraction of sp³-hybridized carbons (Fsp3) is 0.688. The Kier molecular flexibility index (Phi) is 10.3. The van der Waals surface area contributed by atoms with Crippen LogP contribution in [0.5, 0.6) is 11.5 Å². The monoisotopic (exact) mass is 712 g/mol. The lowest BCUT2D eigenvalue weighted by molar-refractivity contribution is -0.156. The first-order chi connectivity index (χ1) is 20.6. The smallest absolute Gasteiger partial charge is 0.252 e. The predicted octanol–water partition coefficient (Wildman–Crippen LogP) is 2.79. The Morgan fingerprint density at radius 1 is 1.21 bits per heavy atom. The number of rotatable bonds is 11. The molecule has 4 aliphatic carbocycles. The summed E-state index contributed by atoms with van der Waals surface area (Å²) in [6.07, 6.45) is 3.85. The van der Waals surface area contributed by atoms with Gasteiger partial charge in [0.25, 0.3) is 5.91 Å². The summed E-state index contributed by atoms with van der Waals surface area (Å²) in [7, 11) is 1.50. The van der Waals surface area contributed by atoms with Gasteiger partial charge in [0, 0.05) is 31.7 Å². The standard InChI is InChI=1S/C32H45IN2O8/c1-32(2)21-7-6-19(22(32)15-21)16-35(31(40)25-5-4-10-42-25)24-13-20(30(39)34-8-9-36)14-26(28(24)38)43-29-23(33)11-18(17-37)12-27(29)41-3/h11-12,14,19,21-22,24-26,28,36-38H,4-10,13,15-17H2,1-3H3,(H,34,39)/t19-,21-,22-,24+,25?,26-,28-/m0/s1. The summed E-state index contributed by atoms with van der Waals surface area (Å²) in [6, 6.07) is 2.73. The van der Waals surface area contributed by atoms with Gasteiger partial charge in [-0.2, -0.15) is 0 Å². The molecular formula is C32H45IN2O8. The molecule has 7 atom stereocenters. The molecule has 2 bridgehead atoms. The van der Waals surface area contributed by atoms with Gasteiger partial charge in [-0.1, -0.05) is 13.8 Å². The third kappa shape index (κ3) is 6.56. The van der Waals surface area contributed by atoms with Crippen molar-refractivity contribution < 1.29 is 39.1 Å². The number of nitrogens with zero attached hydrogens (tertiary/aromatic N) is 1. The van der Waals surface area contributed by atoms with Crippen molar-refractivity contribution in [2.45, 2.75) is 83.3 Å². The van der Waals surface area contributed by atoms with Crippen LogP contribution in [0.15, 0.2) is 23.8 Å². The van der Waals surface area contributed by atoms with Gasteiger partial charge in [-0.3, -0.25) is 9.59 Å². The van der Waals surface area contributed by atoms with Gasteiger partial charge in [0.1, 0.15) is 18.3 Å². The van der Waals surface area contributed by atoms with Crippen LogP contribution < -0.4 is 14.8 Å². The number of halogens is 1. The van der Waals surface area contributed by atoms with E-state index in [0.29, 0.717) is 63.5 Å². The minimum atomic E-state index is -1.14. The third-order valence-corrected chi connectivity index (χ3v) is 11.1. The van der Waals surface area contributed by atoms with E-state index in [4.69, 9.17) is 14.2 Å². The van der Waals surface area contributed by atoms with Crippen LogP contribution in [-0.4, -0.2) is 89.8 Å². The summed E-state index contributed by atoms with van der Waals surface area (Å²) in [6.45, 7) is 5.38. The van der Waals surface area contributed by atoms with Gasteiger partial charge in [-0.15, -0.1) is 0 Å². The molecule has 1 aromatic carbocycles. The van der Waals surface area contributed by atoms with Crippen LogP contribution in [0, 0.1) is 26.7 Å². The van der Waals surface area contributed by atoms with Crippen LogP contribution in [0.2, 0.25) is 0 Å². The highest BCUT2D eigenvalue weighted by molar-refractivity contribution is 14.1. The summed E-state index contributed by atoms with van der Waals surface area (Å²) in [5, 5.41) is 33.6. The summed E-state index contributed by atoms with van der Waals surface area (Å²) in [5.74, 6) is 1.76. The molecule has 0 radical (unpaired) electrons. The predicted molar refractivity (Wildman–Crippen MR) is 167 cm³/mol. The molecule has 2 amide bonds. The van der Waals surface area contributed by atoms with Gasteiger partial charge in [-0.05, 0) is 102 Å². The zero-order valence-corrected chi connectivity index (χ0v) is 27.4. The Bertz CT molecular complexity index is 1210. The number of hydrogen-bond donors (Lipinski definition) is 4. The molecule has 43 heavy (non-hydrogen) atoms. The first-order valence-corrected chi connectivity index (χ1v) is 16.5. The minimum Gasteiger partial charge on any atom is -0.493 e. The maximum atomic E-state index is 14.1. The SMILES string of the molecule is COc1cc(CO)cc(I)c1O[C@H]1C=C(C(=O)NCCO)C[C@@H](N(C[C@@H]2CC[C@H]3C[C@@H]2C3(C)C)C(=O)C2CCCO2)[C@@H]1O. The maximum Gasteiger partial charge on any atom is 0.252 e. The molecule has 11 heteroatoms. The number of methoxy groups -OCH3 is 1. The van der Waals surface area contributed by atoms with Crippen molar-refractivity contribution in [1.29, 1.82) is 0 Å². The largest absolute Gasteiger partial charge is 0.493 e. The van der Waals surface area contributed by atoms with E-state index in [1.54, 1.807) is 23.1 Å². The van der Waals surface area contributed by atoms with Crippen LogP contribution in [0.1, 0.15) is 57.9 Å². The Morgan fingerprint density at radius 2 is 2.00 bits per heavy atom. The second-order valence-corrected chi connectivity index (χ2v) is 14.1. The van der Waals surface area contributed by atoms with Crippen LogP contribution in [0.4, 0.5) is 0 Å². The number of ether oxygens (including phenoxy) is 3. The molecule has 3 saturated carbocycles. The van der Waals surface area contributed by atoms with Gasteiger partial charge in [0.05, 0.1) is 29.9 Å². The maximum absolute atomic E-state index is 14.1. The van der Waals surface area contributed by atoms with Crippen LogP contribution in [-0.2, 0) is 20.9 Å². The van der Waals surface area contributed by atoms with Gasteiger partial charge < -0.3 is 39.7 Å². The van der Waals surface area contributed by atoms with E-state index in [9.17, 15) is 24.9 Å². The summed E-state index contributed by atoms with van der Waals surface area (Å²) in [5.41, 5.74) is 1.26. The van der Waals surface area contributed by atoms with E-state index >= 15 is 0 Å². The number of aliphatic hydroxyl groups is 3. The molecule has 5 aliphatic rings. The molecule has 238 valence electrons. The quantitative estimate of drug-likeness (QED) is 0.257. The summed E-state index contributed by atoms with van der Waals surface area (Å²) in [4.78, 5) is 29.2. The molecule has 4 fully saturated rings. The number of amides is 2. The van der Waals surface area contributed by atoms with Crippen molar-refractivity contribution in [3.63, 3.8) is 0 Å². The van der Waals surface area contributed by atoms with E-state index in [-0.39, 0.29) is 43.4 Å². The molecule has 0 spiro atoms. The summed E-state index contributed by atoms with van der Waals surface area (Å²) >= 11 is 2.09. The molecule has 4 N–H and O–H groups in total. The zero-order valence-electron chi connectivity index (χ0n) is 25.3. The average Bonchev–Trinajstić information content (AvgIpc) is 3.55. The number of nitrogens with one attached hydrogen (secondary N) is 1. The van der Waals surface area contributed by atoms with Crippen LogP contribution >= 0.6 is 22.6 Å². The molecular weight excluding hydrogens is 667 g/mol. The second-order valence-electron chi connectivity index (χ2n) is 13.0. The number of aliphatic hydroxyl groups excluding tert-OH is 3. The molecule has 0 aromatic heterocycles. The number of benzene rings is 1. The highest BCUT2D eigenvalue weighted by atomic mass is 127. The first kappa shape index (κ1) is 32.5. The van der Waals surface area contributed by atoms with Crippen LogP contribution in [0.3, 0.4) is 0 Å². The Balaban J connectivity index is 1.49. The zero-order chi connectivity index (χ0) is 30.9. The number of hydrogen-bond acceptors (Lipinski definition) is 8. The molecule has 1 saturated heterocycles. The van der Waals surface area contributed by atoms with E-state index in [1.807, 2.05) is 0 Å². The Hall–Kier alpha value is -1.93. The molecule has 1 aromatic rings. The van der Waals surface area contributed by atoms with Crippen molar-refractivity contribution in [2.24, 2.45) is 23.2 Å². The van der Waals surface area contributed by atoms with Gasteiger partial charge in [-0.25, -0.2) is 0 Å². The molecule has 1 heterocycles. The van der Waals surface area contributed by atoms with Crippen molar-refractivity contribution >= 4 is 34.4 Å². The third-order valence-electron chi connectivity index (χ3n) is 10.3. The van der Waals surface area contributed by atoms with Gasteiger partial charge in [0.2, 0.25) is 5.91 Å². The second kappa shape index (κ2) is 13.6. The van der Waals surface area contributed by atoms with Crippen molar-refractivity contribution in [3.8, 4) is 11.5 Å². The first-order valence-electron chi connectivity index (χ1n) is 15.4. The Labute approximate surface area is 267 Å².